The molecule has 1 saturated carbocycles. The first-order chi connectivity index (χ1) is 14.2. The first kappa shape index (κ1) is 22.0. The topological polar surface area (TPSA) is 42.4 Å². The van der Waals surface area contributed by atoms with Crippen molar-refractivity contribution >= 4 is 29.4 Å². The zero-order chi connectivity index (χ0) is 20.5. The van der Waals surface area contributed by atoms with E-state index in [1.165, 1.54) is 30.6 Å². The van der Waals surface area contributed by atoms with Crippen molar-refractivity contribution in [2.75, 3.05) is 26.5 Å². The van der Waals surface area contributed by atoms with Crippen LogP contribution in [0.2, 0.25) is 0 Å². The highest BCUT2D eigenvalue weighted by Crippen LogP contribution is 2.39. The van der Waals surface area contributed by atoms with Gasteiger partial charge < -0.3 is 9.64 Å². The van der Waals surface area contributed by atoms with E-state index in [1.54, 1.807) is 13.3 Å². The second-order valence-corrected chi connectivity index (χ2v) is 9.89. The van der Waals surface area contributed by atoms with Crippen LogP contribution < -0.4 is 4.74 Å². The summed E-state index contributed by atoms with van der Waals surface area (Å²) in [6, 6.07) is 14.2. The smallest absolute Gasteiger partial charge is 0.232 e. The van der Waals surface area contributed by atoms with E-state index in [1.807, 2.05) is 65.8 Å². The average Bonchev–Trinajstić information content (AvgIpc) is 2.78. The molecule has 4 nitrogen and oxygen atoms in total. The van der Waals surface area contributed by atoms with E-state index in [2.05, 4.69) is 17.1 Å². The predicted octanol–water partition coefficient (Wildman–Crippen LogP) is 4.93. The monoisotopic (exact) mass is 430 g/mol. The summed E-state index contributed by atoms with van der Waals surface area (Å²) in [6.45, 7) is 0.713. The summed E-state index contributed by atoms with van der Waals surface area (Å²) in [6.07, 6.45) is 7.56. The number of likely N-dealkylation sites (N-methyl/N-ethyl adjacent to an activating group) is 1. The van der Waals surface area contributed by atoms with E-state index >= 15 is 0 Å². The molecule has 2 aromatic rings. The standard InChI is InChI=1S/C23H30N2O2S2/c1-25(16-14-18-7-5-6-15-24-18)23(26)17-28-21-8-3-4-9-22(21)29-20-12-10-19(27-2)11-13-20/h5-7,10-13,15,21-22H,3-4,8-9,14,16-17H2,1-2H3/t21-,22-/m1/s1. The molecule has 1 aliphatic carbocycles. The zero-order valence-corrected chi connectivity index (χ0v) is 18.9. The molecule has 2 atom stereocenters. The minimum atomic E-state index is 0.213. The molecule has 1 amide bonds. The molecule has 3 rings (SSSR count). The number of hydrogen-bond acceptors (Lipinski definition) is 5. The summed E-state index contributed by atoms with van der Waals surface area (Å²) in [5, 5.41) is 1.10. The number of hydrogen-bond donors (Lipinski definition) is 0. The quantitative estimate of drug-likeness (QED) is 0.564. The lowest BCUT2D eigenvalue weighted by Crippen LogP contribution is -2.32. The Morgan fingerprint density at radius 1 is 1.14 bits per heavy atom. The van der Waals surface area contributed by atoms with E-state index in [0.717, 1.165) is 17.9 Å². The Balaban J connectivity index is 1.47. The number of aromatic nitrogens is 1. The number of nitrogens with zero attached hydrogens (tertiary/aromatic N) is 2. The van der Waals surface area contributed by atoms with Crippen molar-refractivity contribution in [2.24, 2.45) is 0 Å². The highest BCUT2D eigenvalue weighted by molar-refractivity contribution is 8.04. The van der Waals surface area contributed by atoms with E-state index in [0.29, 0.717) is 22.8 Å². The fourth-order valence-electron chi connectivity index (χ4n) is 3.46. The van der Waals surface area contributed by atoms with Gasteiger partial charge in [0.1, 0.15) is 5.75 Å². The van der Waals surface area contributed by atoms with Gasteiger partial charge in [-0.05, 0) is 49.2 Å². The number of pyridine rings is 1. The number of methoxy groups -OCH3 is 1. The van der Waals surface area contributed by atoms with Crippen molar-refractivity contribution in [1.29, 1.82) is 0 Å². The van der Waals surface area contributed by atoms with Gasteiger partial charge in [0, 0.05) is 47.3 Å². The normalized spacial score (nSPS) is 19.0. The second-order valence-electron chi connectivity index (χ2n) is 7.35. The van der Waals surface area contributed by atoms with Crippen molar-refractivity contribution in [3.63, 3.8) is 0 Å². The lowest BCUT2D eigenvalue weighted by Gasteiger charge is -2.31. The molecule has 0 N–H and O–H groups in total. The van der Waals surface area contributed by atoms with Gasteiger partial charge in [0.2, 0.25) is 5.91 Å². The maximum atomic E-state index is 12.6. The molecule has 0 aliphatic heterocycles. The predicted molar refractivity (Wildman–Crippen MR) is 123 cm³/mol. The molecule has 1 aromatic carbocycles. The number of ether oxygens (including phenoxy) is 1. The Labute approximate surface area is 182 Å². The van der Waals surface area contributed by atoms with Gasteiger partial charge in [0.15, 0.2) is 0 Å². The van der Waals surface area contributed by atoms with Gasteiger partial charge in [-0.25, -0.2) is 0 Å². The molecule has 1 aromatic heterocycles. The molecule has 29 heavy (non-hydrogen) atoms. The van der Waals surface area contributed by atoms with Gasteiger partial charge in [0.05, 0.1) is 12.9 Å². The molecule has 156 valence electrons. The Morgan fingerprint density at radius 3 is 2.59 bits per heavy atom. The van der Waals surface area contributed by atoms with E-state index < -0.39 is 0 Å². The van der Waals surface area contributed by atoms with Gasteiger partial charge in [-0.15, -0.1) is 23.5 Å². The molecule has 1 fully saturated rings. The molecule has 1 aliphatic rings. The Kier molecular flexibility index (Phi) is 8.74. The maximum absolute atomic E-state index is 12.6. The minimum absolute atomic E-state index is 0.213. The fraction of sp³-hybridized carbons (Fsp3) is 0.478. The highest BCUT2D eigenvalue weighted by atomic mass is 32.2. The molecular weight excluding hydrogens is 400 g/mol. The van der Waals surface area contributed by atoms with Crippen LogP contribution in [0.5, 0.6) is 5.75 Å². The van der Waals surface area contributed by atoms with Crippen molar-refractivity contribution < 1.29 is 9.53 Å². The first-order valence-electron chi connectivity index (χ1n) is 10.2. The Bertz CT molecular complexity index is 755. The Hall–Kier alpha value is -1.66. The van der Waals surface area contributed by atoms with Crippen molar-refractivity contribution in [3.05, 3.63) is 54.4 Å². The van der Waals surface area contributed by atoms with E-state index in [4.69, 9.17) is 4.74 Å². The summed E-state index contributed by atoms with van der Waals surface area (Å²) in [5.41, 5.74) is 1.03. The van der Waals surface area contributed by atoms with Crippen molar-refractivity contribution in [1.82, 2.24) is 9.88 Å². The summed E-state index contributed by atoms with van der Waals surface area (Å²) in [4.78, 5) is 20.1. The SMILES string of the molecule is COc1ccc(S[C@@H]2CCCC[C@H]2SCC(=O)N(C)CCc2ccccn2)cc1. The van der Waals surface area contributed by atoms with Crippen LogP contribution in [0.3, 0.4) is 0 Å². The lowest BCUT2D eigenvalue weighted by atomic mass is 10.00. The molecule has 0 bridgehead atoms. The second kappa shape index (κ2) is 11.5. The van der Waals surface area contributed by atoms with Crippen molar-refractivity contribution in [3.8, 4) is 5.75 Å². The van der Waals surface area contributed by atoms with Crippen LogP contribution in [0.4, 0.5) is 0 Å². The lowest BCUT2D eigenvalue weighted by molar-refractivity contribution is -0.127. The first-order valence-corrected chi connectivity index (χ1v) is 12.1. The van der Waals surface area contributed by atoms with Crippen LogP contribution >= 0.6 is 23.5 Å². The van der Waals surface area contributed by atoms with Gasteiger partial charge >= 0.3 is 0 Å². The molecule has 0 spiro atoms. The largest absolute Gasteiger partial charge is 0.497 e. The summed E-state index contributed by atoms with van der Waals surface area (Å²) >= 11 is 3.79. The van der Waals surface area contributed by atoms with Gasteiger partial charge in [-0.3, -0.25) is 9.78 Å². The third-order valence-corrected chi connectivity index (χ3v) is 8.25. The van der Waals surface area contributed by atoms with Gasteiger partial charge in [-0.2, -0.15) is 0 Å². The third-order valence-electron chi connectivity index (χ3n) is 5.26. The molecule has 6 heteroatoms. The summed E-state index contributed by atoms with van der Waals surface area (Å²) in [5.74, 6) is 1.66. The number of carbonyl (C=O) groups excluding carboxylic acids is 1. The molecule has 1 heterocycles. The third kappa shape index (κ3) is 6.96. The Morgan fingerprint density at radius 2 is 1.90 bits per heavy atom. The number of amides is 1. The van der Waals surface area contributed by atoms with Crippen LogP contribution in [0.15, 0.2) is 53.6 Å². The highest BCUT2D eigenvalue weighted by Gasteiger charge is 2.27. The van der Waals surface area contributed by atoms with Crippen LogP contribution in [-0.4, -0.2) is 52.7 Å². The number of benzene rings is 1. The minimum Gasteiger partial charge on any atom is -0.497 e. The molecule has 0 saturated heterocycles. The zero-order valence-electron chi connectivity index (χ0n) is 17.3. The van der Waals surface area contributed by atoms with Crippen LogP contribution in [0.1, 0.15) is 31.4 Å². The van der Waals surface area contributed by atoms with Crippen LogP contribution in [-0.2, 0) is 11.2 Å². The van der Waals surface area contributed by atoms with Crippen LogP contribution in [0, 0.1) is 0 Å². The number of carbonyl (C=O) groups is 1. The van der Waals surface area contributed by atoms with Gasteiger partial charge in [0.25, 0.3) is 0 Å². The molecular formula is C23H30N2O2S2. The van der Waals surface area contributed by atoms with E-state index in [-0.39, 0.29) is 5.91 Å². The summed E-state index contributed by atoms with van der Waals surface area (Å²) in [7, 11) is 3.59. The number of rotatable bonds is 9. The molecule has 0 radical (unpaired) electrons. The summed E-state index contributed by atoms with van der Waals surface area (Å²) < 4.78 is 5.26. The van der Waals surface area contributed by atoms with Crippen LogP contribution in [0.25, 0.3) is 0 Å². The van der Waals surface area contributed by atoms with E-state index in [9.17, 15) is 4.79 Å². The average molecular weight is 431 g/mol. The van der Waals surface area contributed by atoms with Crippen molar-refractivity contribution in [2.45, 2.75) is 47.5 Å². The maximum Gasteiger partial charge on any atom is 0.232 e. The number of thioether (sulfide) groups is 2. The van der Waals surface area contributed by atoms with Gasteiger partial charge in [-0.1, -0.05) is 18.9 Å². The fourth-order valence-corrected chi connectivity index (χ4v) is 6.34. The molecule has 0 unspecified atom stereocenters.